The maximum atomic E-state index is 11.4. The number of nitrogens with one attached hydrogen (secondary N) is 2. The van der Waals surface area contributed by atoms with E-state index >= 15 is 0 Å². The third-order valence-corrected chi connectivity index (χ3v) is 5.42. The Morgan fingerprint density at radius 2 is 2.14 bits per heavy atom. The lowest BCUT2D eigenvalue weighted by atomic mass is 10.1. The molecule has 29 heavy (non-hydrogen) atoms. The summed E-state index contributed by atoms with van der Waals surface area (Å²) in [7, 11) is 0. The largest absolute Gasteiger partial charge is 0.354 e. The van der Waals surface area contributed by atoms with E-state index in [2.05, 4.69) is 21.6 Å². The number of fused-ring (bicyclic) bond motifs is 1. The van der Waals surface area contributed by atoms with Crippen molar-refractivity contribution in [3.8, 4) is 6.07 Å². The summed E-state index contributed by atoms with van der Waals surface area (Å²) in [6.07, 6.45) is 3.96. The highest BCUT2D eigenvalue weighted by Gasteiger charge is 2.29. The Morgan fingerprint density at radius 3 is 2.90 bits per heavy atom. The van der Waals surface area contributed by atoms with Crippen LogP contribution in [0.15, 0.2) is 18.2 Å². The molecule has 2 heterocycles. The van der Waals surface area contributed by atoms with Crippen LogP contribution in [-0.4, -0.2) is 35.0 Å². The number of anilines is 3. The van der Waals surface area contributed by atoms with E-state index in [0.29, 0.717) is 11.5 Å². The molecule has 4 rings (SSSR count). The molecule has 1 atom stereocenters. The minimum atomic E-state index is 0. The predicted molar refractivity (Wildman–Crippen MR) is 115 cm³/mol. The molecule has 1 amide bonds. The van der Waals surface area contributed by atoms with Crippen LogP contribution in [0.4, 0.5) is 17.5 Å². The number of aryl methyl sites for hydroxylation is 2. The van der Waals surface area contributed by atoms with Gasteiger partial charge < -0.3 is 15.5 Å². The van der Waals surface area contributed by atoms with Gasteiger partial charge in [-0.3, -0.25) is 4.79 Å². The van der Waals surface area contributed by atoms with E-state index in [0.717, 1.165) is 61.5 Å². The Bertz CT molecular complexity index is 970. The van der Waals surface area contributed by atoms with Gasteiger partial charge in [-0.25, -0.2) is 4.98 Å². The van der Waals surface area contributed by atoms with Gasteiger partial charge in [0.05, 0.1) is 17.3 Å². The summed E-state index contributed by atoms with van der Waals surface area (Å²) in [6, 6.07) is 8.07. The molecule has 0 spiro atoms. The number of aromatic nitrogens is 2. The molecule has 2 N–H and O–H groups in total. The molecular formula is C21H25ClN6O. The maximum absolute atomic E-state index is 11.4. The second-order valence-electron chi connectivity index (χ2n) is 7.55. The Hall–Kier alpha value is -2.85. The third kappa shape index (κ3) is 4.43. The molecule has 1 aromatic heterocycles. The van der Waals surface area contributed by atoms with Gasteiger partial charge in [0, 0.05) is 37.3 Å². The van der Waals surface area contributed by atoms with Crippen molar-refractivity contribution < 1.29 is 4.79 Å². The molecule has 0 unspecified atom stereocenters. The second-order valence-corrected chi connectivity index (χ2v) is 7.55. The molecule has 2 aliphatic rings. The Kier molecular flexibility index (Phi) is 6.23. The number of carbonyl (C=O) groups is 1. The maximum Gasteiger partial charge on any atom is 0.229 e. The Morgan fingerprint density at radius 1 is 1.31 bits per heavy atom. The fraction of sp³-hybridized carbons (Fsp3) is 0.429. The number of benzene rings is 1. The van der Waals surface area contributed by atoms with Crippen LogP contribution in [0, 0.1) is 18.3 Å². The first-order chi connectivity index (χ1) is 13.5. The van der Waals surface area contributed by atoms with Crippen molar-refractivity contribution in [2.45, 2.75) is 45.6 Å². The summed E-state index contributed by atoms with van der Waals surface area (Å²) >= 11 is 0. The summed E-state index contributed by atoms with van der Waals surface area (Å²) in [5, 5.41) is 15.5. The van der Waals surface area contributed by atoms with Crippen LogP contribution >= 0.6 is 12.4 Å². The molecule has 1 saturated heterocycles. The molecule has 2 aromatic rings. The zero-order valence-corrected chi connectivity index (χ0v) is 17.5. The lowest BCUT2D eigenvalue weighted by molar-refractivity contribution is -0.119. The Labute approximate surface area is 176 Å². The van der Waals surface area contributed by atoms with E-state index in [1.807, 2.05) is 25.1 Å². The second kappa shape index (κ2) is 8.66. The van der Waals surface area contributed by atoms with Crippen molar-refractivity contribution in [2.24, 2.45) is 0 Å². The fourth-order valence-electron chi connectivity index (χ4n) is 4.04. The van der Waals surface area contributed by atoms with Gasteiger partial charge in [-0.2, -0.15) is 10.2 Å². The van der Waals surface area contributed by atoms with Gasteiger partial charge in [-0.05, 0) is 50.3 Å². The number of nitrogens with zero attached hydrogens (tertiary/aromatic N) is 4. The minimum Gasteiger partial charge on any atom is -0.354 e. The predicted octanol–water partition coefficient (Wildman–Crippen LogP) is 3.03. The standard InChI is InChI=1S/C21H24N6O.ClH/c1-13-6-7-16(10-15(13)11-22)24-21-25-19-5-3-4-18(19)20(26-21)27-9-8-17(12-27)23-14(2)28;/h6-7,10,17H,3-5,8-9,12H2,1-2H3,(H,23,28)(H,24,25,26);1H/t17-;/m0./s1. The summed E-state index contributed by atoms with van der Waals surface area (Å²) < 4.78 is 0. The highest BCUT2D eigenvalue weighted by atomic mass is 35.5. The molecule has 8 heteroatoms. The van der Waals surface area contributed by atoms with Crippen LogP contribution in [0.3, 0.4) is 0 Å². The van der Waals surface area contributed by atoms with Crippen LogP contribution in [0.2, 0.25) is 0 Å². The number of amides is 1. The molecule has 1 aliphatic heterocycles. The SMILES string of the molecule is CC(=O)N[C@H]1CCN(c2nc(Nc3ccc(C)c(C#N)c3)nc3c2CCC3)C1.Cl. The summed E-state index contributed by atoms with van der Waals surface area (Å²) in [5.74, 6) is 1.55. The normalized spacial score (nSPS) is 17.3. The van der Waals surface area contributed by atoms with E-state index in [-0.39, 0.29) is 24.4 Å². The van der Waals surface area contributed by atoms with Gasteiger partial charge in [0.2, 0.25) is 11.9 Å². The summed E-state index contributed by atoms with van der Waals surface area (Å²) in [4.78, 5) is 23.2. The average Bonchev–Trinajstić information content (AvgIpc) is 3.31. The van der Waals surface area contributed by atoms with Crippen LogP contribution < -0.4 is 15.5 Å². The quantitative estimate of drug-likeness (QED) is 0.801. The summed E-state index contributed by atoms with van der Waals surface area (Å²) in [5.41, 5.74) is 4.73. The van der Waals surface area contributed by atoms with Crippen LogP contribution in [-0.2, 0) is 17.6 Å². The topological polar surface area (TPSA) is 93.9 Å². The van der Waals surface area contributed by atoms with E-state index in [4.69, 9.17) is 9.97 Å². The number of nitriles is 1. The number of rotatable bonds is 4. The van der Waals surface area contributed by atoms with E-state index in [1.165, 1.54) is 5.56 Å². The van der Waals surface area contributed by atoms with Crippen molar-refractivity contribution in [2.75, 3.05) is 23.3 Å². The molecule has 7 nitrogen and oxygen atoms in total. The molecule has 1 fully saturated rings. The van der Waals surface area contributed by atoms with Crippen molar-refractivity contribution in [3.63, 3.8) is 0 Å². The van der Waals surface area contributed by atoms with Crippen molar-refractivity contribution in [1.82, 2.24) is 15.3 Å². The first-order valence-corrected chi connectivity index (χ1v) is 9.73. The molecule has 152 valence electrons. The van der Waals surface area contributed by atoms with Gasteiger partial charge in [0.1, 0.15) is 5.82 Å². The third-order valence-electron chi connectivity index (χ3n) is 5.42. The van der Waals surface area contributed by atoms with Crippen molar-refractivity contribution in [1.29, 1.82) is 5.26 Å². The Balaban J connectivity index is 0.00000240. The first kappa shape index (κ1) is 20.9. The number of halogens is 1. The molecule has 0 radical (unpaired) electrons. The zero-order chi connectivity index (χ0) is 19.7. The lowest BCUT2D eigenvalue weighted by Crippen LogP contribution is -2.36. The van der Waals surface area contributed by atoms with Gasteiger partial charge in [-0.1, -0.05) is 6.07 Å². The smallest absolute Gasteiger partial charge is 0.229 e. The monoisotopic (exact) mass is 412 g/mol. The zero-order valence-electron chi connectivity index (χ0n) is 16.7. The highest BCUT2D eigenvalue weighted by Crippen LogP contribution is 2.32. The van der Waals surface area contributed by atoms with Crippen LogP contribution in [0.25, 0.3) is 0 Å². The number of hydrogen-bond donors (Lipinski definition) is 2. The van der Waals surface area contributed by atoms with Crippen molar-refractivity contribution in [3.05, 3.63) is 40.6 Å². The number of carbonyl (C=O) groups excluding carboxylic acids is 1. The van der Waals surface area contributed by atoms with Gasteiger partial charge >= 0.3 is 0 Å². The van der Waals surface area contributed by atoms with Crippen molar-refractivity contribution >= 4 is 35.8 Å². The molecule has 1 aliphatic carbocycles. The van der Waals surface area contributed by atoms with Gasteiger partial charge in [0.25, 0.3) is 0 Å². The van der Waals surface area contributed by atoms with E-state index in [1.54, 1.807) is 6.92 Å². The number of hydrogen-bond acceptors (Lipinski definition) is 6. The molecular weight excluding hydrogens is 388 g/mol. The van der Waals surface area contributed by atoms with Gasteiger partial charge in [0.15, 0.2) is 0 Å². The molecule has 0 saturated carbocycles. The van der Waals surface area contributed by atoms with Crippen LogP contribution in [0.5, 0.6) is 0 Å². The first-order valence-electron chi connectivity index (χ1n) is 9.73. The molecule has 1 aromatic carbocycles. The summed E-state index contributed by atoms with van der Waals surface area (Å²) in [6.45, 7) is 5.12. The van der Waals surface area contributed by atoms with Crippen LogP contribution in [0.1, 0.15) is 42.1 Å². The van der Waals surface area contributed by atoms with Gasteiger partial charge in [-0.15, -0.1) is 12.4 Å². The van der Waals surface area contributed by atoms with E-state index in [9.17, 15) is 10.1 Å². The lowest BCUT2D eigenvalue weighted by Gasteiger charge is -2.21. The fourth-order valence-corrected chi connectivity index (χ4v) is 4.04. The molecule has 0 bridgehead atoms. The minimum absolute atomic E-state index is 0. The van der Waals surface area contributed by atoms with E-state index < -0.39 is 0 Å². The highest BCUT2D eigenvalue weighted by molar-refractivity contribution is 5.85. The average molecular weight is 413 g/mol.